The fraction of sp³-hybridized carbons (Fsp3) is 0.368. The first-order valence-electron chi connectivity index (χ1n) is 8.54. The van der Waals surface area contributed by atoms with Crippen LogP contribution in [-0.4, -0.2) is 22.6 Å². The molecule has 5 heteroatoms. The van der Waals surface area contributed by atoms with E-state index in [1.165, 1.54) is 25.7 Å². The average molecular weight is 341 g/mol. The van der Waals surface area contributed by atoms with Crippen LogP contribution in [0.4, 0.5) is 17.5 Å². The molecular formula is C19H21ClN4. The number of nitrogens with one attached hydrogen (secondary N) is 1. The molecule has 1 N–H and O–H groups in total. The fourth-order valence-electron chi connectivity index (χ4n) is 3.51. The van der Waals surface area contributed by atoms with Crippen LogP contribution in [0.1, 0.15) is 36.8 Å². The molecule has 1 aromatic heterocycles. The topological polar surface area (TPSA) is 41.1 Å². The van der Waals surface area contributed by atoms with E-state index in [1.54, 1.807) is 0 Å². The van der Waals surface area contributed by atoms with Crippen LogP contribution in [0.15, 0.2) is 30.5 Å². The predicted octanol–water partition coefficient (Wildman–Crippen LogP) is 4.96. The summed E-state index contributed by atoms with van der Waals surface area (Å²) < 4.78 is 0. The third kappa shape index (κ3) is 2.98. The largest absolute Gasteiger partial charge is 0.349 e. The minimum atomic E-state index is 0.602. The monoisotopic (exact) mass is 340 g/mol. The van der Waals surface area contributed by atoms with Gasteiger partial charge in [0.1, 0.15) is 5.82 Å². The lowest BCUT2D eigenvalue weighted by molar-refractivity contribution is 0.622. The molecule has 0 bridgehead atoms. The number of aromatic nitrogens is 2. The van der Waals surface area contributed by atoms with Gasteiger partial charge in [0.25, 0.3) is 0 Å². The van der Waals surface area contributed by atoms with Crippen molar-refractivity contribution in [3.8, 4) is 0 Å². The van der Waals surface area contributed by atoms with Crippen molar-refractivity contribution >= 4 is 35.1 Å². The van der Waals surface area contributed by atoms with Crippen LogP contribution >= 0.6 is 11.6 Å². The molecule has 1 saturated carbocycles. The molecule has 1 aliphatic carbocycles. The van der Waals surface area contributed by atoms with Crippen LogP contribution in [0.25, 0.3) is 6.08 Å². The number of benzene rings is 1. The van der Waals surface area contributed by atoms with E-state index in [9.17, 15) is 0 Å². The first-order valence-corrected chi connectivity index (χ1v) is 8.92. The highest BCUT2D eigenvalue weighted by atomic mass is 35.5. The third-order valence-electron chi connectivity index (χ3n) is 4.86. The van der Waals surface area contributed by atoms with Crippen molar-refractivity contribution in [3.05, 3.63) is 46.6 Å². The summed E-state index contributed by atoms with van der Waals surface area (Å²) in [7, 11) is 0. The van der Waals surface area contributed by atoms with Gasteiger partial charge in [0.2, 0.25) is 5.95 Å². The second-order valence-corrected chi connectivity index (χ2v) is 6.96. The predicted molar refractivity (Wildman–Crippen MR) is 100 cm³/mol. The van der Waals surface area contributed by atoms with Gasteiger partial charge in [-0.2, -0.15) is 4.98 Å². The molecule has 0 spiro atoms. The van der Waals surface area contributed by atoms with E-state index in [0.29, 0.717) is 12.0 Å². The summed E-state index contributed by atoms with van der Waals surface area (Å²) in [5, 5.41) is 4.02. The zero-order chi connectivity index (χ0) is 16.5. The molecule has 1 aliphatic heterocycles. The second kappa shape index (κ2) is 6.44. The summed E-state index contributed by atoms with van der Waals surface area (Å²) in [5.74, 6) is 1.66. The number of anilines is 3. The highest BCUT2D eigenvalue weighted by Crippen LogP contribution is 2.32. The van der Waals surface area contributed by atoms with Crippen molar-refractivity contribution in [1.29, 1.82) is 0 Å². The van der Waals surface area contributed by atoms with Crippen LogP contribution < -0.4 is 10.2 Å². The standard InChI is InChI=1S/C19H21ClN4/c1-13-8-9-15(11-17(13)20)22-19-21-12-14-5-4-10-24(18(14)23-19)16-6-2-3-7-16/h4-5,8-9,11-12,16H,2-3,6-7,10H2,1H3,(H,21,22,23). The van der Waals surface area contributed by atoms with E-state index in [-0.39, 0.29) is 0 Å². The van der Waals surface area contributed by atoms with Crippen molar-refractivity contribution in [2.45, 2.75) is 38.6 Å². The van der Waals surface area contributed by atoms with E-state index in [2.05, 4.69) is 27.4 Å². The van der Waals surface area contributed by atoms with Gasteiger partial charge < -0.3 is 10.2 Å². The summed E-state index contributed by atoms with van der Waals surface area (Å²) in [5.41, 5.74) is 3.07. The summed E-state index contributed by atoms with van der Waals surface area (Å²) in [6, 6.07) is 6.51. The lowest BCUT2D eigenvalue weighted by Gasteiger charge is -2.32. The van der Waals surface area contributed by atoms with Gasteiger partial charge in [-0.05, 0) is 37.5 Å². The van der Waals surface area contributed by atoms with E-state index in [1.807, 2.05) is 31.3 Å². The molecular weight excluding hydrogens is 320 g/mol. The zero-order valence-corrected chi connectivity index (χ0v) is 14.6. The Morgan fingerprint density at radius 1 is 1.25 bits per heavy atom. The van der Waals surface area contributed by atoms with Crippen molar-refractivity contribution in [2.75, 3.05) is 16.8 Å². The molecule has 24 heavy (non-hydrogen) atoms. The Kier molecular flexibility index (Phi) is 4.15. The molecule has 0 saturated heterocycles. The Morgan fingerprint density at radius 2 is 2.08 bits per heavy atom. The summed E-state index contributed by atoms with van der Waals surface area (Å²) in [4.78, 5) is 11.7. The second-order valence-electron chi connectivity index (χ2n) is 6.55. The molecule has 2 aromatic rings. The molecule has 1 fully saturated rings. The van der Waals surface area contributed by atoms with Gasteiger partial charge in [0, 0.05) is 35.1 Å². The van der Waals surface area contributed by atoms with E-state index in [4.69, 9.17) is 16.6 Å². The maximum atomic E-state index is 6.21. The van der Waals surface area contributed by atoms with Crippen molar-refractivity contribution < 1.29 is 0 Å². The van der Waals surface area contributed by atoms with Gasteiger partial charge >= 0.3 is 0 Å². The summed E-state index contributed by atoms with van der Waals surface area (Å²) in [6.45, 7) is 2.93. The van der Waals surface area contributed by atoms with Crippen molar-refractivity contribution in [2.24, 2.45) is 0 Å². The molecule has 0 atom stereocenters. The summed E-state index contributed by atoms with van der Waals surface area (Å²) in [6.07, 6.45) is 11.4. The number of aryl methyl sites for hydroxylation is 1. The number of hydrogen-bond donors (Lipinski definition) is 1. The van der Waals surface area contributed by atoms with Gasteiger partial charge in [0.15, 0.2) is 0 Å². The normalized spacial score (nSPS) is 17.2. The molecule has 2 aliphatic rings. The van der Waals surface area contributed by atoms with Gasteiger partial charge in [-0.15, -0.1) is 0 Å². The number of nitrogens with zero attached hydrogens (tertiary/aromatic N) is 3. The fourth-order valence-corrected chi connectivity index (χ4v) is 3.69. The molecule has 4 rings (SSSR count). The average Bonchev–Trinajstić information content (AvgIpc) is 3.12. The minimum Gasteiger partial charge on any atom is -0.349 e. The molecule has 2 heterocycles. The van der Waals surface area contributed by atoms with E-state index in [0.717, 1.165) is 34.2 Å². The lowest BCUT2D eigenvalue weighted by Crippen LogP contribution is -2.36. The van der Waals surface area contributed by atoms with Crippen LogP contribution in [0.2, 0.25) is 5.02 Å². The Hall–Kier alpha value is -2.07. The molecule has 124 valence electrons. The van der Waals surface area contributed by atoms with Crippen molar-refractivity contribution in [1.82, 2.24) is 9.97 Å². The zero-order valence-electron chi connectivity index (χ0n) is 13.8. The number of halogens is 1. The first-order chi connectivity index (χ1) is 11.7. The maximum Gasteiger partial charge on any atom is 0.229 e. The molecule has 0 radical (unpaired) electrons. The Labute approximate surface area is 147 Å². The maximum absolute atomic E-state index is 6.21. The van der Waals surface area contributed by atoms with Gasteiger partial charge in [-0.1, -0.05) is 42.7 Å². The Morgan fingerprint density at radius 3 is 2.88 bits per heavy atom. The smallest absolute Gasteiger partial charge is 0.229 e. The molecule has 4 nitrogen and oxygen atoms in total. The Bertz CT molecular complexity index is 781. The van der Waals surface area contributed by atoms with E-state index < -0.39 is 0 Å². The van der Waals surface area contributed by atoms with E-state index >= 15 is 0 Å². The summed E-state index contributed by atoms with van der Waals surface area (Å²) >= 11 is 6.21. The highest BCUT2D eigenvalue weighted by Gasteiger charge is 2.26. The Balaban J connectivity index is 1.62. The van der Waals surface area contributed by atoms with Crippen LogP contribution in [0.5, 0.6) is 0 Å². The number of rotatable bonds is 3. The van der Waals surface area contributed by atoms with Crippen LogP contribution in [0, 0.1) is 6.92 Å². The van der Waals surface area contributed by atoms with Crippen LogP contribution in [-0.2, 0) is 0 Å². The molecule has 0 unspecified atom stereocenters. The SMILES string of the molecule is Cc1ccc(Nc2ncc3c(n2)N(C2CCCC2)CC=C3)cc1Cl. The van der Waals surface area contributed by atoms with Crippen molar-refractivity contribution in [3.63, 3.8) is 0 Å². The van der Waals surface area contributed by atoms with Gasteiger partial charge in [0.05, 0.1) is 0 Å². The van der Waals surface area contributed by atoms with Gasteiger partial charge in [-0.3, -0.25) is 0 Å². The number of hydrogen-bond acceptors (Lipinski definition) is 4. The lowest BCUT2D eigenvalue weighted by atomic mass is 10.1. The third-order valence-corrected chi connectivity index (χ3v) is 5.27. The molecule has 1 aromatic carbocycles. The van der Waals surface area contributed by atoms with Gasteiger partial charge in [-0.25, -0.2) is 4.98 Å². The number of fused-ring (bicyclic) bond motifs is 1. The first kappa shape index (κ1) is 15.5. The molecule has 0 amide bonds. The minimum absolute atomic E-state index is 0.602. The highest BCUT2D eigenvalue weighted by molar-refractivity contribution is 6.31. The van der Waals surface area contributed by atoms with Crippen LogP contribution in [0.3, 0.4) is 0 Å². The quantitative estimate of drug-likeness (QED) is 0.857.